The van der Waals surface area contributed by atoms with Crippen molar-refractivity contribution in [3.05, 3.63) is 69.2 Å². The average molecular weight is 341 g/mol. The second-order valence-electron chi connectivity index (χ2n) is 4.41. The Bertz CT molecular complexity index is 617. The predicted molar refractivity (Wildman–Crippen MR) is 79.0 cm³/mol. The van der Waals surface area contributed by atoms with Gasteiger partial charge in [0.2, 0.25) is 0 Å². The van der Waals surface area contributed by atoms with Gasteiger partial charge in [-0.05, 0) is 45.6 Å². The van der Waals surface area contributed by atoms with Gasteiger partial charge in [0.25, 0.3) is 0 Å². The van der Waals surface area contributed by atoms with Crippen molar-refractivity contribution in [3.8, 4) is 0 Å². The Labute approximate surface area is 125 Å². The molecule has 1 atom stereocenters. The summed E-state index contributed by atoms with van der Waals surface area (Å²) in [6.45, 7) is 1.99. The second-order valence-corrected chi connectivity index (χ2v) is 5.26. The van der Waals surface area contributed by atoms with Gasteiger partial charge in [-0.2, -0.15) is 0 Å². The van der Waals surface area contributed by atoms with Crippen LogP contribution in [0, 0.1) is 11.6 Å². The van der Waals surface area contributed by atoms with Gasteiger partial charge in [-0.25, -0.2) is 14.2 Å². The fourth-order valence-corrected chi connectivity index (χ4v) is 2.62. The standard InChI is InChI=1S/C15H15BrF2N2/c1-2-9-5-3-4-6-10(9)15(20-19)13-12(17)8-7-11(16)14(13)18/h3-8,15,20H,2,19H2,1H3. The summed E-state index contributed by atoms with van der Waals surface area (Å²) in [4.78, 5) is 0. The summed E-state index contributed by atoms with van der Waals surface area (Å²) < 4.78 is 28.5. The smallest absolute Gasteiger partial charge is 0.145 e. The molecule has 0 heterocycles. The Hall–Kier alpha value is -1.30. The van der Waals surface area contributed by atoms with E-state index in [9.17, 15) is 8.78 Å². The molecule has 20 heavy (non-hydrogen) atoms. The Morgan fingerprint density at radius 2 is 1.90 bits per heavy atom. The van der Waals surface area contributed by atoms with Crippen molar-refractivity contribution in [2.75, 3.05) is 0 Å². The molecule has 0 radical (unpaired) electrons. The molecule has 1 unspecified atom stereocenters. The molecule has 0 aromatic heterocycles. The summed E-state index contributed by atoms with van der Waals surface area (Å²) >= 11 is 3.08. The van der Waals surface area contributed by atoms with E-state index in [1.165, 1.54) is 12.1 Å². The number of rotatable bonds is 4. The maximum absolute atomic E-state index is 14.2. The molecular weight excluding hydrogens is 326 g/mol. The van der Waals surface area contributed by atoms with E-state index < -0.39 is 17.7 Å². The number of nitrogens with two attached hydrogens (primary N) is 1. The van der Waals surface area contributed by atoms with E-state index >= 15 is 0 Å². The number of halogens is 3. The highest BCUT2D eigenvalue weighted by atomic mass is 79.9. The minimum absolute atomic E-state index is 0.0808. The summed E-state index contributed by atoms with van der Waals surface area (Å²) in [5, 5.41) is 0. The van der Waals surface area contributed by atoms with Crippen LogP contribution >= 0.6 is 15.9 Å². The van der Waals surface area contributed by atoms with E-state index in [4.69, 9.17) is 5.84 Å². The van der Waals surface area contributed by atoms with Crippen molar-refractivity contribution in [2.45, 2.75) is 19.4 Å². The Morgan fingerprint density at radius 3 is 2.55 bits per heavy atom. The van der Waals surface area contributed by atoms with Crippen molar-refractivity contribution in [1.29, 1.82) is 0 Å². The van der Waals surface area contributed by atoms with Crippen LogP contribution in [0.3, 0.4) is 0 Å². The van der Waals surface area contributed by atoms with Crippen molar-refractivity contribution in [1.82, 2.24) is 5.43 Å². The zero-order chi connectivity index (χ0) is 14.7. The highest BCUT2D eigenvalue weighted by Gasteiger charge is 2.24. The van der Waals surface area contributed by atoms with E-state index in [-0.39, 0.29) is 10.0 Å². The molecule has 0 aliphatic heterocycles. The molecule has 2 nitrogen and oxygen atoms in total. The molecule has 5 heteroatoms. The van der Waals surface area contributed by atoms with Crippen LogP contribution in [0.4, 0.5) is 8.78 Å². The lowest BCUT2D eigenvalue weighted by Crippen LogP contribution is -2.31. The molecule has 0 aliphatic carbocycles. The van der Waals surface area contributed by atoms with Gasteiger partial charge >= 0.3 is 0 Å². The van der Waals surface area contributed by atoms with Gasteiger partial charge in [0.15, 0.2) is 0 Å². The monoisotopic (exact) mass is 340 g/mol. The summed E-state index contributed by atoms with van der Waals surface area (Å²) in [6.07, 6.45) is 0.756. The molecular formula is C15H15BrF2N2. The van der Waals surface area contributed by atoms with E-state index in [0.717, 1.165) is 17.5 Å². The number of hydrogen-bond donors (Lipinski definition) is 2. The number of aryl methyl sites for hydroxylation is 1. The lowest BCUT2D eigenvalue weighted by Gasteiger charge is -2.21. The van der Waals surface area contributed by atoms with Crippen LogP contribution in [0.15, 0.2) is 40.9 Å². The topological polar surface area (TPSA) is 38.0 Å². The van der Waals surface area contributed by atoms with Gasteiger partial charge < -0.3 is 0 Å². The van der Waals surface area contributed by atoms with Crippen molar-refractivity contribution in [2.24, 2.45) is 5.84 Å². The van der Waals surface area contributed by atoms with Gasteiger partial charge in [0.05, 0.1) is 10.5 Å². The van der Waals surface area contributed by atoms with Crippen molar-refractivity contribution >= 4 is 15.9 Å². The molecule has 2 rings (SSSR count). The lowest BCUT2D eigenvalue weighted by molar-refractivity contribution is 0.506. The number of hydrazine groups is 1. The summed E-state index contributed by atoms with van der Waals surface area (Å²) in [6, 6.07) is 9.30. The molecule has 0 saturated heterocycles. The SMILES string of the molecule is CCc1ccccc1C(NN)c1c(F)ccc(Br)c1F. The second kappa shape index (κ2) is 6.43. The molecule has 3 N–H and O–H groups in total. The van der Waals surface area contributed by atoms with Crippen LogP contribution in [0.1, 0.15) is 29.7 Å². The third kappa shape index (κ3) is 2.75. The molecule has 2 aromatic carbocycles. The molecule has 0 spiro atoms. The van der Waals surface area contributed by atoms with E-state index in [1.807, 2.05) is 31.2 Å². The lowest BCUT2D eigenvalue weighted by atomic mass is 9.93. The van der Waals surface area contributed by atoms with Crippen LogP contribution in [0.5, 0.6) is 0 Å². The van der Waals surface area contributed by atoms with Gasteiger partial charge in [0, 0.05) is 5.56 Å². The molecule has 0 aliphatic rings. The highest BCUT2D eigenvalue weighted by Crippen LogP contribution is 2.31. The predicted octanol–water partition coefficient (Wildman–Crippen LogP) is 3.84. The van der Waals surface area contributed by atoms with Gasteiger partial charge in [-0.15, -0.1) is 0 Å². The first-order chi connectivity index (χ1) is 9.60. The van der Waals surface area contributed by atoms with Crippen molar-refractivity contribution in [3.63, 3.8) is 0 Å². The number of benzene rings is 2. The molecule has 0 saturated carbocycles. The summed E-state index contributed by atoms with van der Waals surface area (Å²) in [7, 11) is 0. The summed E-state index contributed by atoms with van der Waals surface area (Å²) in [5.41, 5.74) is 4.20. The zero-order valence-corrected chi connectivity index (χ0v) is 12.5. The normalized spacial score (nSPS) is 12.4. The minimum atomic E-state index is -0.733. The number of hydrogen-bond acceptors (Lipinski definition) is 2. The minimum Gasteiger partial charge on any atom is -0.271 e. The highest BCUT2D eigenvalue weighted by molar-refractivity contribution is 9.10. The van der Waals surface area contributed by atoms with Crippen LogP contribution in [0.25, 0.3) is 0 Å². The number of nitrogens with one attached hydrogen (secondary N) is 1. The fourth-order valence-electron chi connectivity index (χ4n) is 2.27. The maximum Gasteiger partial charge on any atom is 0.145 e. The van der Waals surface area contributed by atoms with Gasteiger partial charge in [-0.1, -0.05) is 31.2 Å². The third-order valence-corrected chi connectivity index (χ3v) is 3.89. The molecule has 2 aromatic rings. The Kier molecular flexibility index (Phi) is 4.86. The first-order valence-corrected chi connectivity index (χ1v) is 7.06. The first kappa shape index (κ1) is 15.1. The van der Waals surface area contributed by atoms with Crippen molar-refractivity contribution < 1.29 is 8.78 Å². The van der Waals surface area contributed by atoms with Crippen LogP contribution in [0.2, 0.25) is 0 Å². The molecule has 0 bridgehead atoms. The zero-order valence-electron chi connectivity index (χ0n) is 11.0. The quantitative estimate of drug-likeness (QED) is 0.504. The van der Waals surface area contributed by atoms with E-state index in [2.05, 4.69) is 21.4 Å². The van der Waals surface area contributed by atoms with E-state index in [1.54, 1.807) is 0 Å². The van der Waals surface area contributed by atoms with Crippen LogP contribution < -0.4 is 11.3 Å². The maximum atomic E-state index is 14.2. The first-order valence-electron chi connectivity index (χ1n) is 6.27. The fraction of sp³-hybridized carbons (Fsp3) is 0.200. The Morgan fingerprint density at radius 1 is 1.20 bits per heavy atom. The Balaban J connectivity index is 2.62. The largest absolute Gasteiger partial charge is 0.271 e. The molecule has 106 valence electrons. The molecule has 0 fully saturated rings. The van der Waals surface area contributed by atoms with Gasteiger partial charge in [-0.3, -0.25) is 5.84 Å². The average Bonchev–Trinajstić information content (AvgIpc) is 2.47. The van der Waals surface area contributed by atoms with Crippen LogP contribution in [-0.2, 0) is 6.42 Å². The van der Waals surface area contributed by atoms with E-state index in [0.29, 0.717) is 0 Å². The third-order valence-electron chi connectivity index (χ3n) is 3.28. The van der Waals surface area contributed by atoms with Crippen LogP contribution in [-0.4, -0.2) is 0 Å². The summed E-state index contributed by atoms with van der Waals surface area (Å²) in [5.74, 6) is 4.28. The molecule has 0 amide bonds. The van der Waals surface area contributed by atoms with Gasteiger partial charge in [0.1, 0.15) is 11.6 Å².